The van der Waals surface area contributed by atoms with Crippen LogP contribution in [0.25, 0.3) is 0 Å². The van der Waals surface area contributed by atoms with Gasteiger partial charge in [0.05, 0.1) is 12.1 Å². The zero-order chi connectivity index (χ0) is 16.1. The lowest BCUT2D eigenvalue weighted by atomic mass is 10.1. The molecule has 118 valence electrons. The Kier molecular flexibility index (Phi) is 6.38. The van der Waals surface area contributed by atoms with Crippen molar-refractivity contribution < 1.29 is 4.43 Å². The molecular formula is C18H31NOSi. The van der Waals surface area contributed by atoms with Crippen LogP contribution in [-0.2, 0) is 11.0 Å². The van der Waals surface area contributed by atoms with Gasteiger partial charge >= 0.3 is 0 Å². The summed E-state index contributed by atoms with van der Waals surface area (Å²) in [5.41, 5.74) is 1.28. The normalized spacial score (nSPS) is 15.5. The molecule has 0 saturated carbocycles. The van der Waals surface area contributed by atoms with Crippen molar-refractivity contribution in [2.45, 2.75) is 64.5 Å². The second-order valence-electron chi connectivity index (χ2n) is 7.21. The van der Waals surface area contributed by atoms with Crippen LogP contribution in [0, 0.1) is 0 Å². The van der Waals surface area contributed by atoms with Crippen molar-refractivity contribution >= 4 is 8.32 Å². The van der Waals surface area contributed by atoms with Crippen molar-refractivity contribution in [3.05, 3.63) is 48.6 Å². The standard InChI is InChI=1S/C18H31NOSi/c1-8-17(19-14-16-12-10-9-11-13-16)15(2)20-21(6,7)18(3,4)5/h8-13,15,17,19H,1,14H2,2-7H3/t15-,17-/m0/s1. The van der Waals surface area contributed by atoms with Crippen molar-refractivity contribution in [3.63, 3.8) is 0 Å². The molecule has 0 unspecified atom stereocenters. The van der Waals surface area contributed by atoms with Gasteiger partial charge in [0.2, 0.25) is 0 Å². The summed E-state index contributed by atoms with van der Waals surface area (Å²) < 4.78 is 6.45. The molecule has 0 heterocycles. The lowest BCUT2D eigenvalue weighted by Gasteiger charge is -2.40. The Morgan fingerprint density at radius 2 is 1.81 bits per heavy atom. The maximum Gasteiger partial charge on any atom is 0.192 e. The molecule has 1 aromatic carbocycles. The third-order valence-corrected chi connectivity index (χ3v) is 9.00. The summed E-state index contributed by atoms with van der Waals surface area (Å²) in [6, 6.07) is 10.6. The lowest BCUT2D eigenvalue weighted by molar-refractivity contribution is 0.169. The molecule has 2 atom stereocenters. The Morgan fingerprint density at radius 1 is 1.24 bits per heavy atom. The van der Waals surface area contributed by atoms with E-state index in [1.165, 1.54) is 5.56 Å². The van der Waals surface area contributed by atoms with Gasteiger partial charge in [-0.05, 0) is 30.6 Å². The molecule has 0 amide bonds. The van der Waals surface area contributed by atoms with E-state index in [4.69, 9.17) is 4.43 Å². The average molecular weight is 306 g/mol. The highest BCUT2D eigenvalue weighted by Gasteiger charge is 2.39. The van der Waals surface area contributed by atoms with Gasteiger partial charge in [0.25, 0.3) is 0 Å². The third-order valence-electron chi connectivity index (χ3n) is 4.43. The van der Waals surface area contributed by atoms with E-state index in [1.54, 1.807) is 0 Å². The largest absolute Gasteiger partial charge is 0.412 e. The number of rotatable bonds is 7. The van der Waals surface area contributed by atoms with Crippen molar-refractivity contribution in [3.8, 4) is 0 Å². The molecule has 0 aliphatic carbocycles. The van der Waals surface area contributed by atoms with Crippen LogP contribution >= 0.6 is 0 Å². The predicted molar refractivity (Wildman–Crippen MR) is 95.0 cm³/mol. The summed E-state index contributed by atoms with van der Waals surface area (Å²) in [5.74, 6) is 0. The SMILES string of the molecule is C=C[C@H](NCc1ccccc1)[C@H](C)O[Si](C)(C)C(C)(C)C. The van der Waals surface area contributed by atoms with Gasteiger partial charge < -0.3 is 9.74 Å². The van der Waals surface area contributed by atoms with Crippen molar-refractivity contribution in [2.75, 3.05) is 0 Å². The van der Waals surface area contributed by atoms with E-state index in [-0.39, 0.29) is 17.2 Å². The minimum Gasteiger partial charge on any atom is -0.412 e. The minimum absolute atomic E-state index is 0.132. The van der Waals surface area contributed by atoms with Crippen LogP contribution in [0.2, 0.25) is 18.1 Å². The molecule has 2 nitrogen and oxygen atoms in total. The average Bonchev–Trinajstić information content (AvgIpc) is 2.38. The molecule has 0 spiro atoms. The number of hydrogen-bond donors (Lipinski definition) is 1. The van der Waals surface area contributed by atoms with E-state index < -0.39 is 8.32 Å². The van der Waals surface area contributed by atoms with E-state index >= 15 is 0 Å². The maximum atomic E-state index is 6.45. The highest BCUT2D eigenvalue weighted by Crippen LogP contribution is 2.37. The number of benzene rings is 1. The van der Waals surface area contributed by atoms with Gasteiger partial charge in [0.15, 0.2) is 8.32 Å². The summed E-state index contributed by atoms with van der Waals surface area (Å²) in [7, 11) is -1.74. The first-order valence-corrected chi connectivity index (χ1v) is 10.7. The fourth-order valence-corrected chi connectivity index (χ4v) is 3.42. The van der Waals surface area contributed by atoms with Crippen LogP contribution in [0.1, 0.15) is 33.3 Å². The fourth-order valence-electron chi connectivity index (χ4n) is 1.99. The Labute approximate surface area is 131 Å². The Bertz CT molecular complexity index is 436. The molecule has 3 heteroatoms. The zero-order valence-corrected chi connectivity index (χ0v) is 15.4. The van der Waals surface area contributed by atoms with E-state index in [0.717, 1.165) is 6.54 Å². The predicted octanol–water partition coefficient (Wildman–Crippen LogP) is 4.74. The fraction of sp³-hybridized carbons (Fsp3) is 0.556. The summed E-state index contributed by atoms with van der Waals surface area (Å²) in [6.45, 7) is 18.3. The highest BCUT2D eigenvalue weighted by molar-refractivity contribution is 6.74. The Hall–Kier alpha value is -0.903. The molecule has 0 fully saturated rings. The van der Waals surface area contributed by atoms with E-state index in [0.29, 0.717) is 0 Å². The first-order chi connectivity index (χ1) is 9.67. The van der Waals surface area contributed by atoms with Gasteiger partial charge in [-0.2, -0.15) is 0 Å². The van der Waals surface area contributed by atoms with Gasteiger partial charge in [-0.3, -0.25) is 0 Å². The molecule has 1 N–H and O–H groups in total. The van der Waals surface area contributed by atoms with E-state index in [1.807, 2.05) is 12.1 Å². The van der Waals surface area contributed by atoms with Crippen molar-refractivity contribution in [2.24, 2.45) is 0 Å². The molecule has 0 radical (unpaired) electrons. The second kappa shape index (κ2) is 7.39. The number of hydrogen-bond acceptors (Lipinski definition) is 2. The number of nitrogens with one attached hydrogen (secondary N) is 1. The second-order valence-corrected chi connectivity index (χ2v) is 12.0. The van der Waals surface area contributed by atoms with Crippen molar-refractivity contribution in [1.29, 1.82) is 0 Å². The third kappa shape index (κ3) is 5.42. The maximum absolute atomic E-state index is 6.45. The molecule has 0 aliphatic rings. The molecular weight excluding hydrogens is 274 g/mol. The van der Waals surface area contributed by atoms with Gasteiger partial charge in [-0.1, -0.05) is 57.2 Å². The van der Waals surface area contributed by atoms with Gasteiger partial charge in [-0.25, -0.2) is 0 Å². The monoisotopic (exact) mass is 305 g/mol. The lowest BCUT2D eigenvalue weighted by Crippen LogP contribution is -2.48. The Balaban J connectivity index is 2.61. The van der Waals surface area contributed by atoms with Crippen LogP contribution < -0.4 is 5.32 Å². The van der Waals surface area contributed by atoms with Gasteiger partial charge in [0.1, 0.15) is 0 Å². The molecule has 1 aromatic rings. The highest BCUT2D eigenvalue weighted by atomic mass is 28.4. The Morgan fingerprint density at radius 3 is 2.29 bits per heavy atom. The summed E-state index contributed by atoms with van der Waals surface area (Å²) >= 11 is 0. The van der Waals surface area contributed by atoms with Gasteiger partial charge in [0, 0.05) is 6.54 Å². The summed E-state index contributed by atoms with van der Waals surface area (Å²) in [6.07, 6.45) is 2.09. The van der Waals surface area contributed by atoms with Crippen LogP contribution in [0.3, 0.4) is 0 Å². The topological polar surface area (TPSA) is 21.3 Å². The van der Waals surface area contributed by atoms with E-state index in [9.17, 15) is 0 Å². The first kappa shape index (κ1) is 18.1. The van der Waals surface area contributed by atoms with Crippen LogP contribution in [0.15, 0.2) is 43.0 Å². The van der Waals surface area contributed by atoms with E-state index in [2.05, 4.69) is 77.0 Å². The van der Waals surface area contributed by atoms with Gasteiger partial charge in [-0.15, -0.1) is 6.58 Å². The molecule has 21 heavy (non-hydrogen) atoms. The van der Waals surface area contributed by atoms with Crippen LogP contribution in [-0.4, -0.2) is 20.5 Å². The van der Waals surface area contributed by atoms with Crippen LogP contribution in [0.4, 0.5) is 0 Å². The molecule has 0 bridgehead atoms. The minimum atomic E-state index is -1.74. The van der Waals surface area contributed by atoms with Crippen LogP contribution in [0.5, 0.6) is 0 Å². The smallest absolute Gasteiger partial charge is 0.192 e. The summed E-state index contributed by atoms with van der Waals surface area (Å²) in [4.78, 5) is 0. The molecule has 0 aromatic heterocycles. The van der Waals surface area contributed by atoms with Crippen molar-refractivity contribution in [1.82, 2.24) is 5.32 Å². The summed E-state index contributed by atoms with van der Waals surface area (Å²) in [5, 5.41) is 3.77. The first-order valence-electron chi connectivity index (χ1n) is 7.75. The molecule has 0 saturated heterocycles. The quantitative estimate of drug-likeness (QED) is 0.580. The molecule has 1 rings (SSSR count). The zero-order valence-electron chi connectivity index (χ0n) is 14.4. The molecule has 0 aliphatic heterocycles.